The Bertz CT molecular complexity index is 3240. The molecule has 0 spiro atoms. The van der Waals surface area contributed by atoms with Crippen LogP contribution < -0.4 is 30.3 Å². The van der Waals surface area contributed by atoms with Crippen molar-refractivity contribution < 1.29 is 41.8 Å². The number of carbonyl (C=O) groups excluding carboxylic acids is 4. The summed E-state index contributed by atoms with van der Waals surface area (Å²) in [4.78, 5) is 80.3. The number of fused-ring (bicyclic) bond motifs is 2. The predicted molar refractivity (Wildman–Crippen MR) is 316 cm³/mol. The summed E-state index contributed by atoms with van der Waals surface area (Å²) in [5, 5.41) is 17.5. The molecule has 4 aliphatic rings. The zero-order valence-electron chi connectivity index (χ0n) is 49.9. The van der Waals surface area contributed by atoms with Crippen molar-refractivity contribution in [1.29, 1.82) is 0 Å². The van der Waals surface area contributed by atoms with Gasteiger partial charge in [0.1, 0.15) is 52.6 Å². The van der Waals surface area contributed by atoms with Crippen LogP contribution in [-0.2, 0) is 35.4 Å². The molecule has 4 amide bonds. The molecule has 1 saturated carbocycles. The largest absolute Gasteiger partial charge is 0.492 e. The van der Waals surface area contributed by atoms with Crippen LogP contribution in [0.25, 0.3) is 10.9 Å². The summed E-state index contributed by atoms with van der Waals surface area (Å²) in [5.74, 6) is 1.42. The van der Waals surface area contributed by atoms with Gasteiger partial charge in [-0.1, -0.05) is 43.5 Å². The fraction of sp³-hybridized carbons (Fsp3) is 0.590. The quantitative estimate of drug-likeness (QED) is 0.0597. The standard InChI is InChI=1S/C61H84N12O9S/c1-37-38(2)69-70-53(37)68-54-46-31-51(83(78,79)61(7,8)9)50(32-48(46)64-36-65-54)80-29-17-18-40-25-27-72(28-26-40)58-62-33-44(34-63-58)81-43-30-49(56(75)66-47-24-16-22-41-19-14-15-23-45(41)47)73(35-43)57(76)52(42-20-12-11-13-21-42)67-55(74)39(3)71(10)59(77)82-60(4,5)6/h14-15,19,23,31-34,36,39-40,42-43,47,49,52H,11-13,16-18,20-22,24-30,35H2,1-10H3,(H,66,75)(H,67,74)(H2,64,65,68,69,70)/t39-,43-,47+,49-,52-/m0/s1. The summed E-state index contributed by atoms with van der Waals surface area (Å²) in [6.07, 6.45) is 14.1. The highest BCUT2D eigenvalue weighted by Crippen LogP contribution is 2.39. The Morgan fingerprint density at radius 2 is 1.61 bits per heavy atom. The van der Waals surface area contributed by atoms with Gasteiger partial charge in [-0.3, -0.25) is 24.4 Å². The Morgan fingerprint density at radius 3 is 2.30 bits per heavy atom. The average molecular weight is 1160 g/mol. The summed E-state index contributed by atoms with van der Waals surface area (Å²) >= 11 is 0. The third-order valence-electron chi connectivity index (χ3n) is 17.0. The number of amides is 4. The molecule has 5 aromatic rings. The number of nitrogens with zero attached hydrogens (tertiary/aromatic N) is 8. The molecule has 0 radical (unpaired) electrons. The molecule has 0 unspecified atom stereocenters. The lowest BCUT2D eigenvalue weighted by atomic mass is 9.83. The first-order chi connectivity index (χ1) is 39.4. The molecule has 2 aliphatic carbocycles. The van der Waals surface area contributed by atoms with Gasteiger partial charge in [0.25, 0.3) is 0 Å². The molecule has 3 aromatic heterocycles. The molecule has 2 aromatic carbocycles. The molecule has 21 nitrogen and oxygen atoms in total. The highest BCUT2D eigenvalue weighted by Gasteiger charge is 2.46. The molecule has 2 saturated heterocycles. The number of hydrogen-bond acceptors (Lipinski definition) is 16. The van der Waals surface area contributed by atoms with E-state index in [1.165, 1.54) is 23.8 Å². The lowest BCUT2D eigenvalue weighted by Crippen LogP contribution is -2.59. The number of carbonyl (C=O) groups is 4. The van der Waals surface area contributed by atoms with E-state index in [-0.39, 0.29) is 47.4 Å². The van der Waals surface area contributed by atoms with Crippen molar-refractivity contribution >= 4 is 62.1 Å². The topological polar surface area (TPSA) is 256 Å². The maximum Gasteiger partial charge on any atom is 0.410 e. The van der Waals surface area contributed by atoms with Crippen molar-refractivity contribution in [2.24, 2.45) is 11.8 Å². The van der Waals surface area contributed by atoms with Crippen molar-refractivity contribution in [2.45, 2.75) is 191 Å². The Hall–Kier alpha value is -7.10. The van der Waals surface area contributed by atoms with Gasteiger partial charge in [-0.05, 0) is 149 Å². The molecule has 3 fully saturated rings. The molecule has 4 N–H and O–H groups in total. The first kappa shape index (κ1) is 60.5. The van der Waals surface area contributed by atoms with Crippen molar-refractivity contribution in [1.82, 2.24) is 50.6 Å². The number of likely N-dealkylation sites (N-methyl/N-ethyl adjacent to an activating group) is 1. The first-order valence-corrected chi connectivity index (χ1v) is 31.1. The van der Waals surface area contributed by atoms with Crippen LogP contribution in [0.15, 0.2) is 60.0 Å². The van der Waals surface area contributed by atoms with E-state index in [1.807, 2.05) is 26.0 Å². The monoisotopic (exact) mass is 1160 g/mol. The van der Waals surface area contributed by atoms with Gasteiger partial charge in [0.05, 0.1) is 41.9 Å². The Kier molecular flexibility index (Phi) is 18.5. The lowest BCUT2D eigenvalue weighted by molar-refractivity contribution is -0.143. The minimum Gasteiger partial charge on any atom is -0.492 e. The van der Waals surface area contributed by atoms with E-state index in [2.05, 4.69) is 53.1 Å². The molecular formula is C61H84N12O9S. The minimum absolute atomic E-state index is 0.0857. The van der Waals surface area contributed by atoms with E-state index in [4.69, 9.17) is 24.2 Å². The van der Waals surface area contributed by atoms with Crippen molar-refractivity contribution in [3.8, 4) is 11.5 Å². The number of anilines is 3. The van der Waals surface area contributed by atoms with Crippen LogP contribution >= 0.6 is 0 Å². The number of aryl methyl sites for hydroxylation is 2. The van der Waals surface area contributed by atoms with Gasteiger partial charge in [-0.15, -0.1) is 0 Å². The summed E-state index contributed by atoms with van der Waals surface area (Å²) < 4.78 is 45.4. The molecule has 83 heavy (non-hydrogen) atoms. The number of aromatic amines is 1. The van der Waals surface area contributed by atoms with Crippen LogP contribution in [0.1, 0.15) is 154 Å². The maximum absolute atomic E-state index is 15.2. The van der Waals surface area contributed by atoms with E-state index in [1.54, 1.807) is 77.9 Å². The molecule has 2 aliphatic heterocycles. The zero-order chi connectivity index (χ0) is 59.4. The number of benzene rings is 2. The molecular weight excluding hydrogens is 1080 g/mol. The fourth-order valence-corrected chi connectivity index (χ4v) is 13.1. The van der Waals surface area contributed by atoms with Gasteiger partial charge in [-0.2, -0.15) is 5.10 Å². The van der Waals surface area contributed by atoms with Gasteiger partial charge in [0, 0.05) is 49.3 Å². The van der Waals surface area contributed by atoms with E-state index in [0.29, 0.717) is 46.8 Å². The van der Waals surface area contributed by atoms with E-state index < -0.39 is 56.4 Å². The number of nitrogens with one attached hydrogen (secondary N) is 4. The van der Waals surface area contributed by atoms with Gasteiger partial charge < -0.3 is 40.0 Å². The molecule has 5 atom stereocenters. The first-order valence-electron chi connectivity index (χ1n) is 29.6. The van der Waals surface area contributed by atoms with Crippen LogP contribution in [0, 0.1) is 25.7 Å². The Balaban J connectivity index is 0.831. The van der Waals surface area contributed by atoms with Crippen LogP contribution in [0.5, 0.6) is 11.5 Å². The number of ether oxygens (including phenoxy) is 3. The van der Waals surface area contributed by atoms with Crippen LogP contribution in [-0.4, -0.2) is 140 Å². The number of rotatable bonds is 18. The Labute approximate surface area is 488 Å². The molecule has 448 valence electrons. The van der Waals surface area contributed by atoms with Gasteiger partial charge in [-0.25, -0.2) is 33.1 Å². The smallest absolute Gasteiger partial charge is 0.410 e. The second-order valence-corrected chi connectivity index (χ2v) is 27.7. The minimum atomic E-state index is -3.84. The normalized spacial score (nSPS) is 19.8. The number of hydrogen-bond donors (Lipinski definition) is 4. The SMILES string of the molecule is Cc1[nH]nc(Nc2ncnc3cc(OCCCC4CCN(c5ncc(O[C@H]6C[C@@H](C(=O)N[C@@H]7CCCc8ccccc87)N(C(=O)[C@@H](NC(=O)[C@H](C)N(C)C(=O)OC(C)(C)C)C7CCCCC7)C6)cn5)CC4)c(S(=O)(=O)C(C)(C)C)cc23)c1C. The summed E-state index contributed by atoms with van der Waals surface area (Å²) in [6.45, 7) is 17.7. The van der Waals surface area contributed by atoms with Crippen LogP contribution in [0.4, 0.5) is 22.4 Å². The van der Waals surface area contributed by atoms with Crippen LogP contribution in [0.2, 0.25) is 0 Å². The van der Waals surface area contributed by atoms with Crippen LogP contribution in [0.3, 0.4) is 0 Å². The number of H-pyrrole nitrogens is 1. The van der Waals surface area contributed by atoms with E-state index in [9.17, 15) is 22.8 Å². The number of likely N-dealkylation sites (tertiary alicyclic amines) is 1. The number of sulfone groups is 1. The zero-order valence-corrected chi connectivity index (χ0v) is 50.7. The maximum atomic E-state index is 15.2. The highest BCUT2D eigenvalue weighted by molar-refractivity contribution is 7.92. The molecule has 5 heterocycles. The van der Waals surface area contributed by atoms with Crippen molar-refractivity contribution in [3.05, 3.63) is 77.5 Å². The molecule has 9 rings (SSSR count). The second-order valence-electron chi connectivity index (χ2n) is 25.0. The van der Waals surface area contributed by atoms with Crippen molar-refractivity contribution in [2.75, 3.05) is 43.5 Å². The van der Waals surface area contributed by atoms with Gasteiger partial charge >= 0.3 is 6.09 Å². The Morgan fingerprint density at radius 1 is 0.892 bits per heavy atom. The predicted octanol–water partition coefficient (Wildman–Crippen LogP) is 9.01. The second kappa shape index (κ2) is 25.4. The van der Waals surface area contributed by atoms with Gasteiger partial charge in [0.15, 0.2) is 21.4 Å². The summed E-state index contributed by atoms with van der Waals surface area (Å²) in [5.41, 5.74) is 3.89. The molecule has 22 heteroatoms. The fourth-order valence-electron chi connectivity index (χ4n) is 11.8. The molecule has 0 bridgehead atoms. The average Bonchev–Trinajstić information content (AvgIpc) is 3.61. The summed E-state index contributed by atoms with van der Waals surface area (Å²) in [6, 6.07) is 8.48. The third kappa shape index (κ3) is 14.1. The van der Waals surface area contributed by atoms with E-state index in [0.717, 1.165) is 107 Å². The van der Waals surface area contributed by atoms with E-state index >= 15 is 4.79 Å². The number of piperidine rings is 1. The third-order valence-corrected chi connectivity index (χ3v) is 19.5. The summed E-state index contributed by atoms with van der Waals surface area (Å²) in [7, 11) is -2.33. The number of aromatic nitrogens is 6. The lowest BCUT2D eigenvalue weighted by Gasteiger charge is -2.36. The van der Waals surface area contributed by atoms with Gasteiger partial charge in [0.2, 0.25) is 23.7 Å². The highest BCUT2D eigenvalue weighted by atomic mass is 32.2. The van der Waals surface area contributed by atoms with Crippen molar-refractivity contribution in [3.63, 3.8) is 0 Å².